The number of nitrogens with one attached hydrogen (secondary N) is 1. The molecule has 21 heavy (non-hydrogen) atoms. The minimum absolute atomic E-state index is 0.219. The first-order valence-electron chi connectivity index (χ1n) is 6.44. The zero-order chi connectivity index (χ0) is 15.6. The van der Waals surface area contributed by atoms with Crippen molar-refractivity contribution in [1.29, 1.82) is 0 Å². The largest absolute Gasteiger partial charge is 0.495 e. The van der Waals surface area contributed by atoms with E-state index in [0.29, 0.717) is 27.7 Å². The van der Waals surface area contributed by atoms with Crippen molar-refractivity contribution < 1.29 is 9.53 Å². The molecule has 0 saturated carbocycles. The van der Waals surface area contributed by atoms with Crippen LogP contribution in [0.15, 0.2) is 30.3 Å². The highest BCUT2D eigenvalue weighted by Gasteiger charge is 2.12. The lowest BCUT2D eigenvalue weighted by atomic mass is 10.0. The Labute approximate surface area is 128 Å². The van der Waals surface area contributed by atoms with E-state index in [1.165, 1.54) is 7.11 Å². The maximum Gasteiger partial charge on any atom is 0.256 e. The number of benzene rings is 2. The SMILES string of the molecule is COc1cc(NC(=O)c2cc(N)c(C)cc2C)ccc1Cl. The molecular weight excluding hydrogens is 288 g/mol. The molecule has 4 nitrogen and oxygen atoms in total. The Morgan fingerprint density at radius 2 is 1.90 bits per heavy atom. The zero-order valence-corrected chi connectivity index (χ0v) is 12.9. The number of hydrogen-bond acceptors (Lipinski definition) is 3. The number of ether oxygens (including phenoxy) is 1. The molecule has 0 aliphatic heterocycles. The third-order valence-electron chi connectivity index (χ3n) is 3.27. The van der Waals surface area contributed by atoms with Crippen molar-refractivity contribution in [2.24, 2.45) is 0 Å². The highest BCUT2D eigenvalue weighted by atomic mass is 35.5. The first kappa shape index (κ1) is 15.2. The van der Waals surface area contributed by atoms with Crippen LogP contribution in [0, 0.1) is 13.8 Å². The normalized spacial score (nSPS) is 10.3. The molecule has 0 saturated heterocycles. The van der Waals surface area contributed by atoms with Crippen molar-refractivity contribution >= 4 is 28.9 Å². The fourth-order valence-electron chi connectivity index (χ4n) is 2.05. The zero-order valence-electron chi connectivity index (χ0n) is 12.2. The number of hydrogen-bond donors (Lipinski definition) is 2. The third-order valence-corrected chi connectivity index (χ3v) is 3.58. The van der Waals surface area contributed by atoms with E-state index in [1.54, 1.807) is 24.3 Å². The van der Waals surface area contributed by atoms with Crippen LogP contribution in [0.3, 0.4) is 0 Å². The van der Waals surface area contributed by atoms with Gasteiger partial charge in [0.15, 0.2) is 0 Å². The minimum atomic E-state index is -0.219. The summed E-state index contributed by atoms with van der Waals surface area (Å²) in [5, 5.41) is 3.31. The van der Waals surface area contributed by atoms with Crippen LogP contribution in [0.4, 0.5) is 11.4 Å². The van der Waals surface area contributed by atoms with Crippen molar-refractivity contribution in [2.75, 3.05) is 18.2 Å². The number of rotatable bonds is 3. The van der Waals surface area contributed by atoms with E-state index < -0.39 is 0 Å². The first-order valence-corrected chi connectivity index (χ1v) is 6.81. The van der Waals surface area contributed by atoms with Crippen LogP contribution in [0.2, 0.25) is 5.02 Å². The molecule has 0 aliphatic carbocycles. The van der Waals surface area contributed by atoms with Gasteiger partial charge in [-0.05, 0) is 43.2 Å². The van der Waals surface area contributed by atoms with Gasteiger partial charge in [0.1, 0.15) is 5.75 Å². The second-order valence-electron chi connectivity index (χ2n) is 4.83. The molecule has 2 rings (SSSR count). The van der Waals surface area contributed by atoms with Crippen molar-refractivity contribution in [3.63, 3.8) is 0 Å². The fourth-order valence-corrected chi connectivity index (χ4v) is 2.24. The molecule has 1 amide bonds. The van der Waals surface area contributed by atoms with Crippen LogP contribution < -0.4 is 15.8 Å². The van der Waals surface area contributed by atoms with Gasteiger partial charge >= 0.3 is 0 Å². The molecule has 3 N–H and O–H groups in total. The topological polar surface area (TPSA) is 64.3 Å². The summed E-state index contributed by atoms with van der Waals surface area (Å²) in [6.07, 6.45) is 0. The highest BCUT2D eigenvalue weighted by Crippen LogP contribution is 2.28. The molecule has 0 bridgehead atoms. The molecule has 0 heterocycles. The molecule has 0 spiro atoms. The summed E-state index contributed by atoms with van der Waals surface area (Å²) in [6, 6.07) is 8.65. The van der Waals surface area contributed by atoms with Crippen molar-refractivity contribution in [3.8, 4) is 5.75 Å². The Kier molecular flexibility index (Phi) is 4.38. The van der Waals surface area contributed by atoms with Crippen LogP contribution in [0.5, 0.6) is 5.75 Å². The lowest BCUT2D eigenvalue weighted by molar-refractivity contribution is 0.102. The number of carbonyl (C=O) groups excluding carboxylic acids is 1. The number of anilines is 2. The summed E-state index contributed by atoms with van der Waals surface area (Å²) in [4.78, 5) is 12.3. The molecular formula is C16H17ClN2O2. The monoisotopic (exact) mass is 304 g/mol. The number of aryl methyl sites for hydroxylation is 2. The summed E-state index contributed by atoms with van der Waals surface area (Å²) in [5.41, 5.74) is 9.46. The molecule has 2 aromatic carbocycles. The third kappa shape index (κ3) is 3.28. The van der Waals surface area contributed by atoms with E-state index in [9.17, 15) is 4.79 Å². The second kappa shape index (κ2) is 6.06. The molecule has 0 aromatic heterocycles. The van der Waals surface area contributed by atoms with Gasteiger partial charge in [-0.1, -0.05) is 17.7 Å². The summed E-state index contributed by atoms with van der Waals surface area (Å²) in [6.45, 7) is 3.79. The molecule has 2 aromatic rings. The number of carbonyl (C=O) groups is 1. The summed E-state index contributed by atoms with van der Waals surface area (Å²) >= 11 is 5.96. The average molecular weight is 305 g/mol. The standard InChI is InChI=1S/C16H17ClN2O2/c1-9-6-10(2)14(18)8-12(9)16(20)19-11-4-5-13(17)15(7-11)21-3/h4-8H,18H2,1-3H3,(H,19,20). The highest BCUT2D eigenvalue weighted by molar-refractivity contribution is 6.32. The number of halogens is 1. The quantitative estimate of drug-likeness (QED) is 0.848. The second-order valence-corrected chi connectivity index (χ2v) is 5.23. The molecule has 0 atom stereocenters. The smallest absolute Gasteiger partial charge is 0.256 e. The fraction of sp³-hybridized carbons (Fsp3) is 0.188. The Morgan fingerprint density at radius 3 is 2.57 bits per heavy atom. The van der Waals surface area contributed by atoms with E-state index >= 15 is 0 Å². The molecule has 0 radical (unpaired) electrons. The number of nitrogens with two attached hydrogens (primary N) is 1. The van der Waals surface area contributed by atoms with E-state index in [1.807, 2.05) is 19.9 Å². The van der Waals surface area contributed by atoms with Gasteiger partial charge in [-0.2, -0.15) is 0 Å². The molecule has 5 heteroatoms. The summed E-state index contributed by atoms with van der Waals surface area (Å²) < 4.78 is 5.13. The predicted molar refractivity (Wildman–Crippen MR) is 86.3 cm³/mol. The van der Waals surface area contributed by atoms with Gasteiger partial charge in [0.05, 0.1) is 12.1 Å². The van der Waals surface area contributed by atoms with Crippen LogP contribution in [-0.2, 0) is 0 Å². The predicted octanol–water partition coefficient (Wildman–Crippen LogP) is 3.80. The number of nitrogen functional groups attached to an aromatic ring is 1. The van der Waals surface area contributed by atoms with Gasteiger partial charge in [-0.3, -0.25) is 4.79 Å². The summed E-state index contributed by atoms with van der Waals surface area (Å²) in [7, 11) is 1.53. The first-order chi connectivity index (χ1) is 9.92. The lowest BCUT2D eigenvalue weighted by Crippen LogP contribution is -2.14. The van der Waals surface area contributed by atoms with Gasteiger partial charge in [0, 0.05) is 23.0 Å². The van der Waals surface area contributed by atoms with Crippen molar-refractivity contribution in [1.82, 2.24) is 0 Å². The molecule has 0 unspecified atom stereocenters. The number of amides is 1. The summed E-state index contributed by atoms with van der Waals surface area (Å²) in [5.74, 6) is 0.290. The maximum atomic E-state index is 12.3. The van der Waals surface area contributed by atoms with Crippen LogP contribution in [-0.4, -0.2) is 13.0 Å². The van der Waals surface area contributed by atoms with Crippen LogP contribution >= 0.6 is 11.6 Å². The van der Waals surface area contributed by atoms with Crippen LogP contribution in [0.1, 0.15) is 21.5 Å². The van der Waals surface area contributed by atoms with E-state index in [4.69, 9.17) is 22.1 Å². The van der Waals surface area contributed by atoms with E-state index in [-0.39, 0.29) is 5.91 Å². The number of methoxy groups -OCH3 is 1. The van der Waals surface area contributed by atoms with Gasteiger partial charge < -0.3 is 15.8 Å². The van der Waals surface area contributed by atoms with Crippen molar-refractivity contribution in [3.05, 3.63) is 52.0 Å². The van der Waals surface area contributed by atoms with Gasteiger partial charge in [-0.25, -0.2) is 0 Å². The van der Waals surface area contributed by atoms with E-state index in [2.05, 4.69) is 5.32 Å². The Balaban J connectivity index is 2.28. The van der Waals surface area contributed by atoms with Gasteiger partial charge in [-0.15, -0.1) is 0 Å². The molecule has 110 valence electrons. The Bertz CT molecular complexity index is 699. The Morgan fingerprint density at radius 1 is 1.19 bits per heavy atom. The average Bonchev–Trinajstić information content (AvgIpc) is 2.44. The minimum Gasteiger partial charge on any atom is -0.495 e. The Hall–Kier alpha value is -2.20. The maximum absolute atomic E-state index is 12.3. The van der Waals surface area contributed by atoms with Crippen molar-refractivity contribution in [2.45, 2.75) is 13.8 Å². The van der Waals surface area contributed by atoms with E-state index in [0.717, 1.165) is 11.1 Å². The van der Waals surface area contributed by atoms with Crippen LogP contribution in [0.25, 0.3) is 0 Å². The molecule has 0 aliphatic rings. The molecule has 0 fully saturated rings. The van der Waals surface area contributed by atoms with Gasteiger partial charge in [0.25, 0.3) is 5.91 Å². The lowest BCUT2D eigenvalue weighted by Gasteiger charge is -2.11. The van der Waals surface area contributed by atoms with Gasteiger partial charge in [0.2, 0.25) is 0 Å².